The molecule has 0 unspecified atom stereocenters. The molecule has 97 heavy (non-hydrogen) atoms. The molecule has 4 nitrogen and oxygen atoms in total. The predicted molar refractivity (Wildman–Crippen MR) is 416 cm³/mol. The van der Waals surface area contributed by atoms with Crippen molar-refractivity contribution in [2.45, 2.75) is 131 Å². The Morgan fingerprint density at radius 2 is 0.598 bits per heavy atom. The highest BCUT2D eigenvalue weighted by Crippen LogP contribution is 2.52. The number of furan rings is 2. The van der Waals surface area contributed by atoms with Gasteiger partial charge >= 0.3 is 0 Å². The molecule has 0 aliphatic carbocycles. The molecule has 0 radical (unpaired) electrons. The van der Waals surface area contributed by atoms with E-state index in [0.717, 1.165) is 111 Å². The number of rotatable bonds is 7. The molecule has 2 aromatic heterocycles. The molecule has 2 aliphatic heterocycles. The van der Waals surface area contributed by atoms with Gasteiger partial charge in [-0.05, 0) is 176 Å². The highest BCUT2D eigenvalue weighted by Gasteiger charge is 2.45. The van der Waals surface area contributed by atoms with Crippen molar-refractivity contribution in [3.63, 3.8) is 0 Å². The first-order valence-electron chi connectivity index (χ1n) is 34.7. The Labute approximate surface area is 573 Å². The van der Waals surface area contributed by atoms with Crippen LogP contribution in [0.25, 0.3) is 99.5 Å². The van der Waals surface area contributed by atoms with Crippen LogP contribution >= 0.6 is 0 Å². The van der Waals surface area contributed by atoms with Crippen molar-refractivity contribution < 1.29 is 8.83 Å². The average molecular weight is 1260 g/mol. The maximum Gasteiger partial charge on any atom is 0.252 e. The quantitative estimate of drug-likeness (QED) is 0.149. The van der Waals surface area contributed by atoms with Crippen LogP contribution in [-0.2, 0) is 27.1 Å². The topological polar surface area (TPSA) is 32.8 Å². The third-order valence-corrected chi connectivity index (χ3v) is 20.8. The van der Waals surface area contributed by atoms with E-state index in [1.807, 2.05) is 0 Å². The van der Waals surface area contributed by atoms with Gasteiger partial charge in [0.15, 0.2) is 0 Å². The van der Waals surface area contributed by atoms with Gasteiger partial charge in [-0.25, -0.2) is 0 Å². The molecule has 478 valence electrons. The SMILES string of the molecule is CC(C)(C)c1ccc(-c2cc3c4c(c2)N(c2ccccc2-c2cc(C(C)(C)C)cc(C(C)(C)C)c2)c2ccc(-c5cccc6oc7ccccc7c56)cc2B4c2cc(-c4cccc5oc6ccccc6c45)ccc2N3c2ccccc2-c2cc(C(C)(C)C)cc(C(C)(C)C)c2)cc1. The van der Waals surface area contributed by atoms with Crippen LogP contribution < -0.4 is 26.2 Å². The zero-order valence-corrected chi connectivity index (χ0v) is 58.9. The summed E-state index contributed by atoms with van der Waals surface area (Å²) in [7, 11) is 0. The van der Waals surface area contributed by atoms with E-state index >= 15 is 0 Å². The van der Waals surface area contributed by atoms with Crippen molar-refractivity contribution >= 4 is 101 Å². The molecule has 16 rings (SSSR count). The van der Waals surface area contributed by atoms with E-state index in [-0.39, 0.29) is 33.8 Å². The Bertz CT molecular complexity index is 5130. The Morgan fingerprint density at radius 3 is 1.00 bits per heavy atom. The summed E-state index contributed by atoms with van der Waals surface area (Å²) >= 11 is 0. The molecule has 0 fully saturated rings. The molecule has 5 heteroatoms. The van der Waals surface area contributed by atoms with Gasteiger partial charge in [-0.15, -0.1) is 0 Å². The van der Waals surface area contributed by atoms with E-state index in [4.69, 9.17) is 8.83 Å². The number of fused-ring (bicyclic) bond motifs is 10. The zero-order valence-electron chi connectivity index (χ0n) is 58.9. The van der Waals surface area contributed by atoms with Gasteiger partial charge in [0.1, 0.15) is 22.3 Å². The lowest BCUT2D eigenvalue weighted by Gasteiger charge is -2.45. The molecule has 0 spiro atoms. The Morgan fingerprint density at radius 1 is 0.247 bits per heavy atom. The molecule has 12 aromatic carbocycles. The van der Waals surface area contributed by atoms with Gasteiger partial charge in [-0.3, -0.25) is 0 Å². The van der Waals surface area contributed by atoms with E-state index in [1.165, 1.54) is 66.5 Å². The zero-order chi connectivity index (χ0) is 67.4. The lowest BCUT2D eigenvalue weighted by Crippen LogP contribution is -2.61. The second-order valence-electron chi connectivity index (χ2n) is 32.6. The van der Waals surface area contributed by atoms with Gasteiger partial charge in [0, 0.05) is 55.4 Å². The summed E-state index contributed by atoms with van der Waals surface area (Å²) in [5, 5.41) is 4.45. The van der Waals surface area contributed by atoms with Crippen molar-refractivity contribution in [3.8, 4) is 55.6 Å². The van der Waals surface area contributed by atoms with E-state index in [9.17, 15) is 0 Å². The summed E-state index contributed by atoms with van der Waals surface area (Å²) in [4.78, 5) is 5.29. The minimum Gasteiger partial charge on any atom is -0.456 e. The predicted octanol–water partition coefficient (Wildman–Crippen LogP) is 24.4. The van der Waals surface area contributed by atoms with Crippen LogP contribution in [0.5, 0.6) is 0 Å². The third-order valence-electron chi connectivity index (χ3n) is 20.8. The largest absolute Gasteiger partial charge is 0.456 e. The van der Waals surface area contributed by atoms with E-state index in [2.05, 4.69) is 356 Å². The van der Waals surface area contributed by atoms with Gasteiger partial charge in [0.25, 0.3) is 6.71 Å². The van der Waals surface area contributed by atoms with Crippen molar-refractivity contribution in [3.05, 3.63) is 270 Å². The maximum absolute atomic E-state index is 6.67. The van der Waals surface area contributed by atoms with Crippen LogP contribution in [0.15, 0.2) is 251 Å². The number of hydrogen-bond donors (Lipinski definition) is 0. The van der Waals surface area contributed by atoms with Gasteiger partial charge < -0.3 is 18.6 Å². The molecule has 0 bridgehead atoms. The standard InChI is InChI=1S/C92H85BN2O2/c1-88(2,3)62-42-38-56(39-43-62)59-52-79-87-80(53-59)95(76-33-21-17-27-68(76)61-48-65(91(10,11)12)55-66(49-61)92(13,14)15)78-45-41-58(70-31-25-37-84-86(70)72-29-19-23-35-82(72)97-84)51-74(78)93(87)73-50-57(69-30-24-36-83-85(69)71-28-18-22-34-81(71)96-83)40-44-77(73)94(79)75-32-20-16-26-67(75)60-46-63(89(4,5)6)54-64(47-60)90(7,8)9/h16-55H,1-15H3. The Hall–Kier alpha value is -10.1. The second-order valence-corrected chi connectivity index (χ2v) is 32.6. The Kier molecular flexibility index (Phi) is 14.2. The summed E-state index contributed by atoms with van der Waals surface area (Å²) in [6.45, 7) is 34.8. The molecular weight excluding hydrogens is 1180 g/mol. The summed E-state index contributed by atoms with van der Waals surface area (Å²) in [5.74, 6) is 0. The molecule has 4 heterocycles. The van der Waals surface area contributed by atoms with Crippen molar-refractivity contribution in [1.82, 2.24) is 0 Å². The van der Waals surface area contributed by atoms with Gasteiger partial charge in [-0.1, -0.05) is 286 Å². The fraction of sp³-hybridized carbons (Fsp3) is 0.217. The highest BCUT2D eigenvalue weighted by atomic mass is 16.3. The molecule has 0 saturated heterocycles. The van der Waals surface area contributed by atoms with Crippen LogP contribution in [-0.4, -0.2) is 6.71 Å². The molecule has 0 N–H and O–H groups in total. The first-order chi connectivity index (χ1) is 46.2. The fourth-order valence-electron chi connectivity index (χ4n) is 15.3. The lowest BCUT2D eigenvalue weighted by molar-refractivity contribution is 0.568. The van der Waals surface area contributed by atoms with Crippen molar-refractivity contribution in [2.24, 2.45) is 0 Å². The van der Waals surface area contributed by atoms with Crippen molar-refractivity contribution in [2.75, 3.05) is 9.80 Å². The first-order valence-corrected chi connectivity index (χ1v) is 34.7. The summed E-state index contributed by atoms with van der Waals surface area (Å²) in [5.41, 5.74) is 31.7. The van der Waals surface area contributed by atoms with Crippen LogP contribution in [0.1, 0.15) is 132 Å². The molecule has 0 atom stereocenters. The minimum atomic E-state index is -0.256. The molecule has 0 saturated carbocycles. The van der Waals surface area contributed by atoms with E-state index < -0.39 is 0 Å². The van der Waals surface area contributed by atoms with Gasteiger partial charge in [0.2, 0.25) is 0 Å². The number of para-hydroxylation sites is 4. The maximum atomic E-state index is 6.67. The normalized spacial score (nSPS) is 13.5. The van der Waals surface area contributed by atoms with E-state index in [0.29, 0.717) is 0 Å². The van der Waals surface area contributed by atoms with Crippen LogP contribution in [0.4, 0.5) is 34.1 Å². The average Bonchev–Trinajstić information content (AvgIpc) is 1.20. The van der Waals surface area contributed by atoms with Crippen molar-refractivity contribution in [1.29, 1.82) is 0 Å². The number of hydrogen-bond acceptors (Lipinski definition) is 4. The third kappa shape index (κ3) is 10.5. The molecule has 14 aromatic rings. The van der Waals surface area contributed by atoms with Gasteiger partial charge in [-0.2, -0.15) is 0 Å². The first kappa shape index (κ1) is 61.8. The number of benzene rings is 12. The number of anilines is 6. The van der Waals surface area contributed by atoms with Crippen LogP contribution in [0, 0.1) is 0 Å². The summed E-state index contributed by atoms with van der Waals surface area (Å²) in [6.07, 6.45) is 0. The lowest BCUT2D eigenvalue weighted by atomic mass is 9.33. The summed E-state index contributed by atoms with van der Waals surface area (Å²) in [6, 6.07) is 92.3. The molecular formula is C92H85BN2O2. The highest BCUT2D eigenvalue weighted by molar-refractivity contribution is 7.00. The molecule has 0 amide bonds. The van der Waals surface area contributed by atoms with Gasteiger partial charge in [0.05, 0.1) is 11.4 Å². The number of nitrogens with zero attached hydrogens (tertiary/aromatic N) is 2. The monoisotopic (exact) mass is 1260 g/mol. The smallest absolute Gasteiger partial charge is 0.252 e. The molecule has 2 aliphatic rings. The van der Waals surface area contributed by atoms with E-state index in [1.54, 1.807) is 0 Å². The Balaban J connectivity index is 1.06. The fourth-order valence-corrected chi connectivity index (χ4v) is 15.3. The second kappa shape index (κ2) is 22.2. The van der Waals surface area contributed by atoms with Crippen LogP contribution in [0.3, 0.4) is 0 Å². The van der Waals surface area contributed by atoms with Crippen LogP contribution in [0.2, 0.25) is 0 Å². The summed E-state index contributed by atoms with van der Waals surface area (Å²) < 4.78 is 13.3. The minimum absolute atomic E-state index is 0.0273.